The number of rotatable bonds is 4. The van der Waals surface area contributed by atoms with Gasteiger partial charge in [-0.1, -0.05) is 5.16 Å². The molecular weight excluding hydrogens is 322 g/mol. The summed E-state index contributed by atoms with van der Waals surface area (Å²) in [6.45, 7) is 3.65. The molecule has 0 bridgehead atoms. The van der Waals surface area contributed by atoms with Crippen molar-refractivity contribution in [1.82, 2.24) is 20.3 Å². The molecule has 1 atom stereocenters. The standard InChI is InChI=1S/C15H20F2N4O3/c1-9-13(5-19-24-9)14(23)20-6-12(7-20)21-8-15(16,17)3-11(21)4-18-10(2)22/h5,11-12H,3-4,6-8H2,1-2H3,(H,18,22)/t11-/m0/s1. The van der Waals surface area contributed by atoms with Crippen molar-refractivity contribution in [2.75, 3.05) is 26.2 Å². The minimum Gasteiger partial charge on any atom is -0.361 e. The van der Waals surface area contributed by atoms with E-state index in [1.807, 2.05) is 0 Å². The first-order chi connectivity index (χ1) is 11.3. The van der Waals surface area contributed by atoms with Crippen LogP contribution >= 0.6 is 0 Å². The molecule has 24 heavy (non-hydrogen) atoms. The Balaban J connectivity index is 1.60. The van der Waals surface area contributed by atoms with Crippen LogP contribution < -0.4 is 5.32 Å². The van der Waals surface area contributed by atoms with E-state index in [4.69, 9.17) is 4.52 Å². The van der Waals surface area contributed by atoms with Crippen LogP contribution in [0.15, 0.2) is 10.7 Å². The van der Waals surface area contributed by atoms with Gasteiger partial charge in [0.1, 0.15) is 11.3 Å². The summed E-state index contributed by atoms with van der Waals surface area (Å²) >= 11 is 0. The predicted molar refractivity (Wildman–Crippen MR) is 79.7 cm³/mol. The third-order valence-electron chi connectivity index (χ3n) is 4.60. The fourth-order valence-electron chi connectivity index (χ4n) is 3.31. The molecule has 132 valence electrons. The number of hydrogen-bond acceptors (Lipinski definition) is 5. The van der Waals surface area contributed by atoms with E-state index < -0.39 is 12.0 Å². The van der Waals surface area contributed by atoms with Crippen molar-refractivity contribution in [3.8, 4) is 0 Å². The van der Waals surface area contributed by atoms with Crippen molar-refractivity contribution in [3.63, 3.8) is 0 Å². The Bertz CT molecular complexity index is 642. The number of alkyl halides is 2. The highest BCUT2D eigenvalue weighted by molar-refractivity contribution is 5.95. The van der Waals surface area contributed by atoms with Crippen LogP contribution in [-0.4, -0.2) is 71.0 Å². The van der Waals surface area contributed by atoms with Gasteiger partial charge in [-0.3, -0.25) is 14.5 Å². The van der Waals surface area contributed by atoms with E-state index in [1.54, 1.807) is 16.7 Å². The van der Waals surface area contributed by atoms with Gasteiger partial charge in [0, 0.05) is 45.1 Å². The average molecular weight is 342 g/mol. The minimum absolute atomic E-state index is 0.124. The van der Waals surface area contributed by atoms with E-state index in [9.17, 15) is 18.4 Å². The number of carbonyl (C=O) groups excluding carboxylic acids is 2. The molecule has 2 amide bonds. The second-order valence-corrected chi connectivity index (χ2v) is 6.48. The first-order valence-electron chi connectivity index (χ1n) is 7.85. The molecule has 2 aliphatic rings. The van der Waals surface area contributed by atoms with Crippen LogP contribution in [0.5, 0.6) is 0 Å². The van der Waals surface area contributed by atoms with Crippen LogP contribution in [0.2, 0.25) is 0 Å². The molecular formula is C15H20F2N4O3. The zero-order valence-electron chi connectivity index (χ0n) is 13.6. The molecule has 0 radical (unpaired) electrons. The number of likely N-dealkylation sites (tertiary alicyclic amines) is 2. The van der Waals surface area contributed by atoms with E-state index in [0.717, 1.165) is 0 Å². The van der Waals surface area contributed by atoms with Crippen molar-refractivity contribution in [3.05, 3.63) is 17.5 Å². The van der Waals surface area contributed by atoms with E-state index in [2.05, 4.69) is 10.5 Å². The van der Waals surface area contributed by atoms with Crippen LogP contribution in [0.4, 0.5) is 8.78 Å². The summed E-state index contributed by atoms with van der Waals surface area (Å²) in [6.07, 6.45) is 1.09. The largest absolute Gasteiger partial charge is 0.361 e. The summed E-state index contributed by atoms with van der Waals surface area (Å²) in [6, 6.07) is -0.537. The molecule has 3 rings (SSSR count). The molecule has 9 heteroatoms. The Morgan fingerprint density at radius 3 is 2.75 bits per heavy atom. The van der Waals surface area contributed by atoms with Gasteiger partial charge in [-0.2, -0.15) is 0 Å². The lowest BCUT2D eigenvalue weighted by Gasteiger charge is -2.45. The molecule has 3 heterocycles. The normalized spacial score (nSPS) is 24.0. The quantitative estimate of drug-likeness (QED) is 0.869. The molecule has 0 aliphatic carbocycles. The van der Waals surface area contributed by atoms with Crippen LogP contribution in [0, 0.1) is 6.92 Å². The topological polar surface area (TPSA) is 78.7 Å². The third kappa shape index (κ3) is 3.26. The minimum atomic E-state index is -2.77. The Morgan fingerprint density at radius 1 is 1.46 bits per heavy atom. The molecule has 0 aromatic carbocycles. The summed E-state index contributed by atoms with van der Waals surface area (Å²) in [5.74, 6) is -2.76. The van der Waals surface area contributed by atoms with Crippen LogP contribution in [0.1, 0.15) is 29.5 Å². The van der Waals surface area contributed by atoms with Gasteiger partial charge >= 0.3 is 0 Å². The Hall–Kier alpha value is -2.03. The number of carbonyl (C=O) groups is 2. The van der Waals surface area contributed by atoms with Crippen molar-refractivity contribution >= 4 is 11.8 Å². The number of hydrogen-bond donors (Lipinski definition) is 1. The van der Waals surface area contributed by atoms with Gasteiger partial charge in [-0.25, -0.2) is 8.78 Å². The highest BCUT2D eigenvalue weighted by Crippen LogP contribution is 2.35. The lowest BCUT2D eigenvalue weighted by molar-refractivity contribution is -0.119. The summed E-state index contributed by atoms with van der Waals surface area (Å²) in [4.78, 5) is 26.6. The SMILES string of the molecule is CC(=O)NC[C@@H]1CC(F)(F)CN1C1CN(C(=O)c2cnoc2C)C1. The molecule has 2 fully saturated rings. The van der Waals surface area contributed by atoms with Gasteiger partial charge < -0.3 is 14.7 Å². The highest BCUT2D eigenvalue weighted by atomic mass is 19.3. The van der Waals surface area contributed by atoms with Crippen molar-refractivity contribution in [2.45, 2.75) is 38.3 Å². The smallest absolute Gasteiger partial charge is 0.262 e. The van der Waals surface area contributed by atoms with E-state index in [0.29, 0.717) is 24.4 Å². The van der Waals surface area contributed by atoms with Gasteiger partial charge in [0.25, 0.3) is 11.8 Å². The predicted octanol–water partition coefficient (Wildman–Crippen LogP) is 0.653. The number of nitrogens with zero attached hydrogens (tertiary/aromatic N) is 3. The Kier molecular flexibility index (Phi) is 4.29. The Labute approximate surface area is 137 Å². The van der Waals surface area contributed by atoms with Gasteiger partial charge in [0.2, 0.25) is 5.91 Å². The number of halogens is 2. The summed E-state index contributed by atoms with van der Waals surface area (Å²) in [5, 5.41) is 6.19. The van der Waals surface area contributed by atoms with Crippen LogP contribution in [-0.2, 0) is 4.79 Å². The molecule has 0 spiro atoms. The van der Waals surface area contributed by atoms with Gasteiger partial charge in [-0.15, -0.1) is 0 Å². The van der Waals surface area contributed by atoms with E-state index in [1.165, 1.54) is 13.1 Å². The van der Waals surface area contributed by atoms with Crippen LogP contribution in [0.25, 0.3) is 0 Å². The van der Waals surface area contributed by atoms with Crippen molar-refractivity contribution < 1.29 is 22.9 Å². The molecule has 7 nitrogen and oxygen atoms in total. The monoisotopic (exact) mass is 342 g/mol. The molecule has 2 saturated heterocycles. The lowest BCUT2D eigenvalue weighted by Crippen LogP contribution is -2.63. The highest BCUT2D eigenvalue weighted by Gasteiger charge is 2.50. The van der Waals surface area contributed by atoms with E-state index >= 15 is 0 Å². The summed E-state index contributed by atoms with van der Waals surface area (Å²) in [5.41, 5.74) is 0.398. The number of aryl methyl sites for hydroxylation is 1. The molecule has 1 aromatic heterocycles. The molecule has 0 unspecified atom stereocenters. The van der Waals surface area contributed by atoms with Crippen molar-refractivity contribution in [1.29, 1.82) is 0 Å². The maximum atomic E-state index is 13.8. The molecule has 0 saturated carbocycles. The van der Waals surface area contributed by atoms with Crippen LogP contribution in [0.3, 0.4) is 0 Å². The zero-order chi connectivity index (χ0) is 17.5. The first-order valence-corrected chi connectivity index (χ1v) is 7.85. The zero-order valence-corrected chi connectivity index (χ0v) is 13.6. The van der Waals surface area contributed by atoms with Gasteiger partial charge in [-0.05, 0) is 6.92 Å². The van der Waals surface area contributed by atoms with Crippen molar-refractivity contribution in [2.24, 2.45) is 0 Å². The second kappa shape index (κ2) is 6.12. The fraction of sp³-hybridized carbons (Fsp3) is 0.667. The van der Waals surface area contributed by atoms with Gasteiger partial charge in [0.05, 0.1) is 12.7 Å². The first kappa shape index (κ1) is 16.8. The molecule has 1 aromatic rings. The molecule has 1 N–H and O–H groups in total. The number of amides is 2. The fourth-order valence-corrected chi connectivity index (χ4v) is 3.31. The number of nitrogens with one attached hydrogen (secondary N) is 1. The summed E-state index contributed by atoms with van der Waals surface area (Å²) < 4.78 is 32.4. The Morgan fingerprint density at radius 2 is 2.17 bits per heavy atom. The average Bonchev–Trinajstić information content (AvgIpc) is 2.98. The third-order valence-corrected chi connectivity index (χ3v) is 4.60. The number of aromatic nitrogens is 1. The lowest BCUT2D eigenvalue weighted by atomic mass is 10.0. The maximum absolute atomic E-state index is 13.8. The van der Waals surface area contributed by atoms with E-state index in [-0.39, 0.29) is 37.4 Å². The van der Waals surface area contributed by atoms with Gasteiger partial charge in [0.15, 0.2) is 0 Å². The second-order valence-electron chi connectivity index (χ2n) is 6.48. The molecule has 2 aliphatic heterocycles. The maximum Gasteiger partial charge on any atom is 0.262 e. The summed E-state index contributed by atoms with van der Waals surface area (Å²) in [7, 11) is 0.